The lowest BCUT2D eigenvalue weighted by Gasteiger charge is -2.13. The Morgan fingerprint density at radius 2 is 0.750 bits per heavy atom. The number of hydrogen-bond donors (Lipinski definition) is 10. The van der Waals surface area contributed by atoms with Crippen LogP contribution in [0.4, 0.5) is 0 Å². The zero-order valence-electron chi connectivity index (χ0n) is 19.7. The molecule has 12 heteroatoms. The van der Waals surface area contributed by atoms with Gasteiger partial charge in [-0.15, -0.1) is 0 Å². The molecule has 0 bridgehead atoms. The number of guanidine groups is 4. The molecule has 0 rings (SSSR count). The van der Waals surface area contributed by atoms with E-state index in [0.29, 0.717) is 39.4 Å². The Morgan fingerprint density at radius 1 is 0.469 bits per heavy atom. The van der Waals surface area contributed by atoms with Gasteiger partial charge >= 0.3 is 0 Å². The van der Waals surface area contributed by atoms with Gasteiger partial charge in [-0.2, -0.15) is 0 Å². The second-order valence-corrected chi connectivity index (χ2v) is 7.27. The first-order valence-corrected chi connectivity index (χ1v) is 11.3. The molecule has 0 aliphatic carbocycles. The van der Waals surface area contributed by atoms with Gasteiger partial charge in [0.15, 0.2) is 23.8 Å². The zero-order valence-corrected chi connectivity index (χ0v) is 19.7. The molecule has 0 aromatic carbocycles. The van der Waals surface area contributed by atoms with E-state index in [1.165, 1.54) is 0 Å². The van der Waals surface area contributed by atoms with E-state index in [0.717, 1.165) is 51.4 Å². The fraction of sp³-hybridized carbons (Fsp3) is 0.800. The fourth-order valence-corrected chi connectivity index (χ4v) is 2.63. The fourth-order valence-electron chi connectivity index (χ4n) is 2.63. The summed E-state index contributed by atoms with van der Waals surface area (Å²) < 4.78 is 9.95. The Hall–Kier alpha value is -2.60. The Bertz CT molecular complexity index is 485. The number of rotatable bonds is 17. The molecule has 0 aromatic rings. The highest BCUT2D eigenvalue weighted by atomic mass is 16.5. The van der Waals surface area contributed by atoms with E-state index < -0.39 is 0 Å². The largest absolute Gasteiger partial charge is 0.385 e. The minimum atomic E-state index is 0.121. The minimum Gasteiger partial charge on any atom is -0.385 e. The van der Waals surface area contributed by atoms with E-state index in [9.17, 15) is 0 Å². The van der Waals surface area contributed by atoms with Crippen LogP contribution in [0.3, 0.4) is 0 Å². The van der Waals surface area contributed by atoms with Gasteiger partial charge in [-0.1, -0.05) is 12.8 Å². The predicted octanol–water partition coefficient (Wildman–Crippen LogP) is 0.677. The second kappa shape index (κ2) is 21.6. The Labute approximate surface area is 192 Å². The molecule has 0 heterocycles. The summed E-state index contributed by atoms with van der Waals surface area (Å²) in [6.45, 7) is 4.13. The van der Waals surface area contributed by atoms with E-state index in [-0.39, 0.29) is 23.8 Å². The van der Waals surface area contributed by atoms with Crippen LogP contribution >= 0.6 is 0 Å². The third-order valence-electron chi connectivity index (χ3n) is 4.36. The van der Waals surface area contributed by atoms with Crippen LogP contribution in [0.1, 0.15) is 51.4 Å². The van der Waals surface area contributed by atoms with Gasteiger partial charge in [-0.3, -0.25) is 32.3 Å². The van der Waals surface area contributed by atoms with Crippen molar-refractivity contribution in [3.05, 3.63) is 0 Å². The summed E-state index contributed by atoms with van der Waals surface area (Å²) in [5.41, 5.74) is 0. The quantitative estimate of drug-likeness (QED) is 0.0859. The van der Waals surface area contributed by atoms with Crippen molar-refractivity contribution in [1.82, 2.24) is 31.9 Å². The smallest absolute Gasteiger partial charge is 0.195 e. The first-order valence-electron chi connectivity index (χ1n) is 11.3. The van der Waals surface area contributed by atoms with Crippen LogP contribution in [-0.2, 0) is 9.47 Å². The van der Waals surface area contributed by atoms with Gasteiger partial charge in [0.05, 0.1) is 0 Å². The number of ether oxygens (including phenoxy) is 2. The molecular weight excluding hydrogens is 412 g/mol. The Kier molecular flexibility index (Phi) is 19.9. The predicted molar refractivity (Wildman–Crippen MR) is 130 cm³/mol. The van der Waals surface area contributed by atoms with Crippen molar-refractivity contribution in [2.45, 2.75) is 51.4 Å². The molecule has 0 atom stereocenters. The van der Waals surface area contributed by atoms with E-state index in [2.05, 4.69) is 31.9 Å². The third kappa shape index (κ3) is 20.7. The lowest BCUT2D eigenvalue weighted by atomic mass is 10.2. The number of unbranched alkanes of at least 4 members (excludes halogenated alkanes) is 5. The monoisotopic (exact) mass is 456 g/mol. The number of nitrogens with one attached hydrogen (secondary N) is 10. The van der Waals surface area contributed by atoms with Crippen LogP contribution in [0.2, 0.25) is 0 Å². The van der Waals surface area contributed by atoms with E-state index in [4.69, 9.17) is 31.1 Å². The van der Waals surface area contributed by atoms with Crippen LogP contribution in [0.15, 0.2) is 0 Å². The standard InChI is InChI=1S/C20H44N10O2/c1-31-15-9-7-13-27-19(23)29-17(21)25-11-5-3-4-6-12-26-18(22)30-20(24)28-14-8-10-16-32-2/h3-16H2,1-2H3,(H5,21,23,25,27,29)(H5,22,24,26,28,30). The average molecular weight is 457 g/mol. The summed E-state index contributed by atoms with van der Waals surface area (Å²) in [7, 11) is 3.34. The molecule has 0 aliphatic heterocycles. The summed E-state index contributed by atoms with van der Waals surface area (Å²) in [5, 5.41) is 48.2. The maximum Gasteiger partial charge on any atom is 0.195 e. The molecule has 0 unspecified atom stereocenters. The van der Waals surface area contributed by atoms with Gasteiger partial charge < -0.3 is 30.7 Å². The van der Waals surface area contributed by atoms with Crippen molar-refractivity contribution in [3.8, 4) is 0 Å². The molecule has 0 fully saturated rings. The SMILES string of the molecule is COCCCCNC(=N)NC(=N)NCCCCCCNC(=N)NC(=N)NCCCCOC. The molecule has 32 heavy (non-hydrogen) atoms. The Morgan fingerprint density at radius 3 is 1.03 bits per heavy atom. The molecule has 186 valence electrons. The van der Waals surface area contributed by atoms with Crippen LogP contribution in [0.5, 0.6) is 0 Å². The maximum absolute atomic E-state index is 7.80. The van der Waals surface area contributed by atoms with Crippen LogP contribution in [0.25, 0.3) is 0 Å². The van der Waals surface area contributed by atoms with Crippen LogP contribution in [0, 0.1) is 21.6 Å². The van der Waals surface area contributed by atoms with Gasteiger partial charge in [0, 0.05) is 53.6 Å². The zero-order chi connectivity index (χ0) is 23.9. The lowest BCUT2D eigenvalue weighted by molar-refractivity contribution is 0.193. The highest BCUT2D eigenvalue weighted by Gasteiger charge is 2.01. The first kappa shape index (κ1) is 29.4. The van der Waals surface area contributed by atoms with Crippen molar-refractivity contribution in [2.24, 2.45) is 0 Å². The van der Waals surface area contributed by atoms with Crippen molar-refractivity contribution in [3.63, 3.8) is 0 Å². The highest BCUT2D eigenvalue weighted by molar-refractivity contribution is 5.96. The minimum absolute atomic E-state index is 0.121. The van der Waals surface area contributed by atoms with E-state index >= 15 is 0 Å². The molecular formula is C20H44N10O2. The van der Waals surface area contributed by atoms with E-state index in [1.54, 1.807) is 14.2 Å². The number of hydrogen-bond acceptors (Lipinski definition) is 6. The summed E-state index contributed by atoms with van der Waals surface area (Å²) in [5.74, 6) is 0.485. The van der Waals surface area contributed by atoms with Crippen molar-refractivity contribution in [2.75, 3.05) is 53.6 Å². The molecule has 10 N–H and O–H groups in total. The van der Waals surface area contributed by atoms with Gasteiger partial charge in [0.2, 0.25) is 0 Å². The lowest BCUT2D eigenvalue weighted by Crippen LogP contribution is -2.46. The molecule has 0 saturated heterocycles. The second-order valence-electron chi connectivity index (χ2n) is 7.27. The van der Waals surface area contributed by atoms with Crippen LogP contribution < -0.4 is 31.9 Å². The summed E-state index contributed by atoms with van der Waals surface area (Å²) >= 11 is 0. The topological polar surface area (TPSA) is 186 Å². The average Bonchev–Trinajstić information content (AvgIpc) is 2.75. The van der Waals surface area contributed by atoms with Crippen molar-refractivity contribution >= 4 is 23.8 Å². The van der Waals surface area contributed by atoms with Gasteiger partial charge in [-0.05, 0) is 38.5 Å². The summed E-state index contributed by atoms with van der Waals surface area (Å²) in [4.78, 5) is 0. The molecule has 0 radical (unpaired) electrons. The van der Waals surface area contributed by atoms with Gasteiger partial charge in [-0.25, -0.2) is 0 Å². The molecule has 0 aliphatic rings. The molecule has 0 saturated carbocycles. The molecule has 0 amide bonds. The van der Waals surface area contributed by atoms with Crippen LogP contribution in [-0.4, -0.2) is 77.5 Å². The van der Waals surface area contributed by atoms with E-state index in [1.807, 2.05) is 0 Å². The highest BCUT2D eigenvalue weighted by Crippen LogP contribution is 1.97. The third-order valence-corrected chi connectivity index (χ3v) is 4.36. The van der Waals surface area contributed by atoms with Crippen molar-refractivity contribution in [1.29, 1.82) is 21.6 Å². The first-order chi connectivity index (χ1) is 15.5. The molecule has 12 nitrogen and oxygen atoms in total. The normalized spacial score (nSPS) is 10.2. The molecule has 0 spiro atoms. The molecule has 0 aromatic heterocycles. The van der Waals surface area contributed by atoms with Crippen molar-refractivity contribution < 1.29 is 9.47 Å². The van der Waals surface area contributed by atoms with Gasteiger partial charge in [0.25, 0.3) is 0 Å². The summed E-state index contributed by atoms with van der Waals surface area (Å²) in [6, 6.07) is 0. The maximum atomic E-state index is 7.80. The number of methoxy groups -OCH3 is 2. The summed E-state index contributed by atoms with van der Waals surface area (Å²) in [6.07, 6.45) is 7.58. The van der Waals surface area contributed by atoms with Gasteiger partial charge in [0.1, 0.15) is 0 Å². The Balaban J connectivity index is 3.50.